The minimum absolute atomic E-state index is 0.876. The average Bonchev–Trinajstić information content (AvgIpc) is 2.20. The Morgan fingerprint density at radius 1 is 1.43 bits per heavy atom. The van der Waals surface area contributed by atoms with Crippen molar-refractivity contribution in [1.82, 2.24) is 9.91 Å². The van der Waals surface area contributed by atoms with Gasteiger partial charge in [0.2, 0.25) is 0 Å². The van der Waals surface area contributed by atoms with Crippen molar-refractivity contribution >= 4 is 0 Å². The molecule has 14 heavy (non-hydrogen) atoms. The molecule has 1 saturated heterocycles. The highest BCUT2D eigenvalue weighted by molar-refractivity contribution is 4.74. The number of hydrogen-bond donors (Lipinski definition) is 1. The second kappa shape index (κ2) is 6.81. The number of hydrogen-bond acceptors (Lipinski definition) is 4. The summed E-state index contributed by atoms with van der Waals surface area (Å²) in [6.07, 6.45) is 4.97. The van der Waals surface area contributed by atoms with E-state index < -0.39 is 0 Å². The SMILES string of the molecule is C/C=C\N(N)CCCN1CCOCC1. The summed E-state index contributed by atoms with van der Waals surface area (Å²) in [5.41, 5.74) is 0. The van der Waals surface area contributed by atoms with Gasteiger partial charge in [-0.1, -0.05) is 6.08 Å². The van der Waals surface area contributed by atoms with Crippen molar-refractivity contribution < 1.29 is 4.74 Å². The lowest BCUT2D eigenvalue weighted by atomic mass is 10.3. The van der Waals surface area contributed by atoms with Gasteiger partial charge in [-0.05, 0) is 13.3 Å². The van der Waals surface area contributed by atoms with Crippen molar-refractivity contribution in [2.24, 2.45) is 5.84 Å². The van der Waals surface area contributed by atoms with Gasteiger partial charge in [0, 0.05) is 32.4 Å². The molecule has 4 heteroatoms. The van der Waals surface area contributed by atoms with Crippen LogP contribution in [0.25, 0.3) is 0 Å². The summed E-state index contributed by atoms with van der Waals surface area (Å²) in [6, 6.07) is 0. The molecule has 2 N–H and O–H groups in total. The average molecular weight is 199 g/mol. The lowest BCUT2D eigenvalue weighted by molar-refractivity contribution is 0.0366. The summed E-state index contributed by atoms with van der Waals surface area (Å²) < 4.78 is 5.28. The molecule has 1 aliphatic rings. The van der Waals surface area contributed by atoms with Crippen LogP contribution in [0, 0.1) is 0 Å². The van der Waals surface area contributed by atoms with Crippen LogP contribution < -0.4 is 5.84 Å². The van der Waals surface area contributed by atoms with E-state index in [1.54, 1.807) is 5.01 Å². The number of ether oxygens (including phenoxy) is 1. The first-order valence-electron chi connectivity index (χ1n) is 5.27. The maximum atomic E-state index is 5.70. The van der Waals surface area contributed by atoms with Crippen molar-refractivity contribution in [2.45, 2.75) is 13.3 Å². The molecule has 1 rings (SSSR count). The molecule has 0 radical (unpaired) electrons. The summed E-state index contributed by atoms with van der Waals surface area (Å²) in [7, 11) is 0. The van der Waals surface area contributed by atoms with Crippen LogP contribution in [-0.2, 0) is 4.74 Å². The van der Waals surface area contributed by atoms with Gasteiger partial charge in [-0.25, -0.2) is 5.84 Å². The van der Waals surface area contributed by atoms with Gasteiger partial charge < -0.3 is 9.75 Å². The van der Waals surface area contributed by atoms with Crippen LogP contribution in [0.2, 0.25) is 0 Å². The number of nitrogens with two attached hydrogens (primary N) is 1. The van der Waals surface area contributed by atoms with Gasteiger partial charge in [-0.15, -0.1) is 0 Å². The van der Waals surface area contributed by atoms with Gasteiger partial charge in [0.15, 0.2) is 0 Å². The maximum absolute atomic E-state index is 5.70. The molecule has 82 valence electrons. The van der Waals surface area contributed by atoms with Crippen LogP contribution in [0.4, 0.5) is 0 Å². The summed E-state index contributed by atoms with van der Waals surface area (Å²) in [5, 5.41) is 1.74. The Labute approximate surface area is 86.3 Å². The fraction of sp³-hybridized carbons (Fsp3) is 0.800. The van der Waals surface area contributed by atoms with Crippen molar-refractivity contribution in [3.8, 4) is 0 Å². The molecule has 0 bridgehead atoms. The van der Waals surface area contributed by atoms with Gasteiger partial charge >= 0.3 is 0 Å². The van der Waals surface area contributed by atoms with Crippen LogP contribution in [-0.4, -0.2) is 49.3 Å². The zero-order valence-corrected chi connectivity index (χ0v) is 8.98. The van der Waals surface area contributed by atoms with E-state index in [4.69, 9.17) is 10.6 Å². The first kappa shape index (κ1) is 11.5. The molecular formula is C10H21N3O. The molecule has 0 atom stereocenters. The predicted molar refractivity (Wildman–Crippen MR) is 57.6 cm³/mol. The molecule has 0 amide bonds. The van der Waals surface area contributed by atoms with Crippen molar-refractivity contribution in [3.63, 3.8) is 0 Å². The summed E-state index contributed by atoms with van der Waals surface area (Å²) in [4.78, 5) is 2.42. The molecule has 0 aliphatic carbocycles. The number of allylic oxidation sites excluding steroid dienone is 1. The number of nitrogens with zero attached hydrogens (tertiary/aromatic N) is 2. The lowest BCUT2D eigenvalue weighted by Gasteiger charge is -2.27. The zero-order chi connectivity index (χ0) is 10.2. The van der Waals surface area contributed by atoms with Gasteiger partial charge in [-0.3, -0.25) is 4.90 Å². The molecule has 0 aromatic carbocycles. The minimum Gasteiger partial charge on any atom is -0.379 e. The van der Waals surface area contributed by atoms with Crippen molar-refractivity contribution in [3.05, 3.63) is 12.3 Å². The zero-order valence-electron chi connectivity index (χ0n) is 8.98. The third-order valence-electron chi connectivity index (χ3n) is 2.33. The minimum atomic E-state index is 0.876. The number of hydrazine groups is 1. The molecule has 0 unspecified atom stereocenters. The molecule has 1 aliphatic heterocycles. The van der Waals surface area contributed by atoms with Gasteiger partial charge in [0.1, 0.15) is 0 Å². The van der Waals surface area contributed by atoms with E-state index in [-0.39, 0.29) is 0 Å². The van der Waals surface area contributed by atoms with Crippen molar-refractivity contribution in [2.75, 3.05) is 39.4 Å². The molecule has 0 saturated carbocycles. The highest BCUT2D eigenvalue weighted by atomic mass is 16.5. The highest BCUT2D eigenvalue weighted by Gasteiger charge is 2.09. The Kier molecular flexibility index (Phi) is 5.59. The Morgan fingerprint density at radius 3 is 2.79 bits per heavy atom. The Bertz CT molecular complexity index is 167. The molecule has 4 nitrogen and oxygen atoms in total. The quantitative estimate of drug-likeness (QED) is 0.514. The molecule has 0 spiro atoms. The van der Waals surface area contributed by atoms with Gasteiger partial charge in [0.05, 0.1) is 13.2 Å². The topological polar surface area (TPSA) is 41.7 Å². The first-order valence-corrected chi connectivity index (χ1v) is 5.27. The smallest absolute Gasteiger partial charge is 0.0594 e. The first-order chi connectivity index (χ1) is 6.83. The number of morpholine rings is 1. The van der Waals surface area contributed by atoms with E-state index in [0.717, 1.165) is 45.8 Å². The molecular weight excluding hydrogens is 178 g/mol. The molecule has 0 aromatic rings. The van der Waals surface area contributed by atoms with Crippen LogP contribution >= 0.6 is 0 Å². The predicted octanol–water partition coefficient (Wildman–Crippen LogP) is 0.418. The standard InChI is InChI=1S/C10H21N3O/c1-2-4-13(11)6-3-5-12-7-9-14-10-8-12/h2,4H,3,5-11H2,1H3/b4-2-. The van der Waals surface area contributed by atoms with E-state index >= 15 is 0 Å². The van der Waals surface area contributed by atoms with Gasteiger partial charge in [-0.2, -0.15) is 0 Å². The molecule has 0 aromatic heterocycles. The number of rotatable bonds is 5. The normalized spacial score (nSPS) is 19.0. The van der Waals surface area contributed by atoms with Crippen molar-refractivity contribution in [1.29, 1.82) is 0 Å². The van der Waals surface area contributed by atoms with E-state index in [1.807, 2.05) is 19.2 Å². The lowest BCUT2D eigenvalue weighted by Crippen LogP contribution is -2.38. The van der Waals surface area contributed by atoms with Crippen LogP contribution in [0.1, 0.15) is 13.3 Å². The van der Waals surface area contributed by atoms with Crippen LogP contribution in [0.3, 0.4) is 0 Å². The summed E-state index contributed by atoms with van der Waals surface area (Å²) in [5.74, 6) is 5.70. The summed E-state index contributed by atoms with van der Waals surface area (Å²) >= 11 is 0. The third kappa shape index (κ3) is 4.60. The fourth-order valence-electron chi connectivity index (χ4n) is 1.57. The van der Waals surface area contributed by atoms with E-state index in [9.17, 15) is 0 Å². The monoisotopic (exact) mass is 199 g/mol. The van der Waals surface area contributed by atoms with E-state index in [0.29, 0.717) is 0 Å². The fourth-order valence-corrected chi connectivity index (χ4v) is 1.57. The van der Waals surface area contributed by atoms with Gasteiger partial charge in [0.25, 0.3) is 0 Å². The third-order valence-corrected chi connectivity index (χ3v) is 2.33. The summed E-state index contributed by atoms with van der Waals surface area (Å²) in [6.45, 7) is 7.89. The Hall–Kier alpha value is -0.580. The second-order valence-electron chi connectivity index (χ2n) is 3.53. The van der Waals surface area contributed by atoms with E-state index in [1.165, 1.54) is 0 Å². The molecule has 1 heterocycles. The Morgan fingerprint density at radius 2 is 2.14 bits per heavy atom. The van der Waals surface area contributed by atoms with E-state index in [2.05, 4.69) is 4.90 Å². The second-order valence-corrected chi connectivity index (χ2v) is 3.53. The highest BCUT2D eigenvalue weighted by Crippen LogP contribution is 1.98. The largest absolute Gasteiger partial charge is 0.379 e. The van der Waals surface area contributed by atoms with Crippen LogP contribution in [0.15, 0.2) is 12.3 Å². The Balaban J connectivity index is 2.02. The van der Waals surface area contributed by atoms with Crippen LogP contribution in [0.5, 0.6) is 0 Å². The maximum Gasteiger partial charge on any atom is 0.0594 e. The molecule has 1 fully saturated rings.